The van der Waals surface area contributed by atoms with Gasteiger partial charge in [0.25, 0.3) is 0 Å². The van der Waals surface area contributed by atoms with E-state index in [1.54, 1.807) is 0 Å². The van der Waals surface area contributed by atoms with Crippen LogP contribution in [0.5, 0.6) is 11.5 Å². The van der Waals surface area contributed by atoms with Crippen LogP contribution in [0.1, 0.15) is 72.6 Å². The van der Waals surface area contributed by atoms with E-state index in [2.05, 4.69) is 27.7 Å². The van der Waals surface area contributed by atoms with Crippen molar-refractivity contribution in [2.45, 2.75) is 96.2 Å². The van der Waals surface area contributed by atoms with Crippen LogP contribution in [0.2, 0.25) is 17.7 Å². The van der Waals surface area contributed by atoms with E-state index in [1.165, 1.54) is 56.3 Å². The number of hydrogen-bond acceptors (Lipinski definition) is 3. The zero-order valence-corrected chi connectivity index (χ0v) is 27.0. The molecule has 182 valence electrons. The maximum absolute atomic E-state index is 7.10. The Hall–Kier alpha value is -0.403. The summed E-state index contributed by atoms with van der Waals surface area (Å²) in [4.78, 5) is 0. The standard InChI is InChI=1S/C16H17O2.3C4H9.O.2Sn/c1-3-16(2,17-14-10-6-4-7-11-14)18-15-12-8-5-9-13-15;3*1-3-4-2;;;/h4-13H,1,3H2,2H3;3*1,3-4H2,2H3;;;. The van der Waals surface area contributed by atoms with Crippen LogP contribution >= 0.6 is 0 Å². The van der Waals surface area contributed by atoms with Crippen LogP contribution in [0.15, 0.2) is 60.7 Å². The van der Waals surface area contributed by atoms with Gasteiger partial charge in [-0.1, -0.05) is 0 Å². The third-order valence-electron chi connectivity index (χ3n) is 6.08. The summed E-state index contributed by atoms with van der Waals surface area (Å²) in [6, 6.07) is 20.2. The van der Waals surface area contributed by atoms with Crippen molar-refractivity contribution in [1.29, 1.82) is 0 Å². The molecule has 0 saturated heterocycles. The molecule has 0 amide bonds. The Bertz CT molecular complexity index is 690. The van der Waals surface area contributed by atoms with Crippen LogP contribution in [0.4, 0.5) is 0 Å². The Morgan fingerprint density at radius 1 is 0.697 bits per heavy atom. The Balaban J connectivity index is 2.22. The first-order valence-electron chi connectivity index (χ1n) is 12.9. The van der Waals surface area contributed by atoms with E-state index in [4.69, 9.17) is 10.9 Å². The van der Waals surface area contributed by atoms with E-state index >= 15 is 0 Å². The number of benzene rings is 2. The minimum atomic E-state index is -2.73. The number of rotatable bonds is 18. The van der Waals surface area contributed by atoms with Crippen LogP contribution in [0, 0.1) is 0 Å². The van der Waals surface area contributed by atoms with Gasteiger partial charge in [0.1, 0.15) is 0 Å². The first kappa shape index (κ1) is 28.8. The Labute approximate surface area is 218 Å². The van der Waals surface area contributed by atoms with Crippen LogP contribution in [-0.4, -0.2) is 46.1 Å². The average molecular weight is 666 g/mol. The molecule has 0 spiro atoms. The van der Waals surface area contributed by atoms with Gasteiger partial charge in [-0.3, -0.25) is 0 Å². The molecule has 0 aromatic heterocycles. The van der Waals surface area contributed by atoms with E-state index in [1.807, 2.05) is 60.7 Å². The SMILES string of the molecule is CCC[CH2][Sn][O][Sn]([CH2]CCC)([CH2]CCC)[CH2]CC(C)(Oc1ccccc1)Oc1ccccc1. The minimum absolute atomic E-state index is 0.707. The third-order valence-corrected chi connectivity index (χ3v) is 30.9. The number of para-hydroxylation sites is 2. The Morgan fingerprint density at radius 2 is 1.18 bits per heavy atom. The van der Waals surface area contributed by atoms with E-state index < -0.39 is 46.1 Å². The summed E-state index contributed by atoms with van der Waals surface area (Å²) in [5.74, 6) is 1.01. The van der Waals surface area contributed by atoms with Crippen LogP contribution in [-0.2, 0) is 1.41 Å². The molecule has 33 heavy (non-hydrogen) atoms. The summed E-state index contributed by atoms with van der Waals surface area (Å²) in [6.07, 6.45) is 8.63. The van der Waals surface area contributed by atoms with Crippen LogP contribution in [0.25, 0.3) is 0 Å². The maximum atomic E-state index is 7.10. The van der Waals surface area contributed by atoms with Crippen LogP contribution in [0.3, 0.4) is 0 Å². The molecule has 0 fully saturated rings. The molecule has 5 heteroatoms. The van der Waals surface area contributed by atoms with Crippen molar-refractivity contribution in [1.82, 2.24) is 0 Å². The summed E-state index contributed by atoms with van der Waals surface area (Å²) in [6.45, 7) is 9.03. The van der Waals surface area contributed by atoms with Gasteiger partial charge in [-0.15, -0.1) is 0 Å². The zero-order valence-electron chi connectivity index (χ0n) is 21.3. The molecule has 2 radical (unpaired) electrons. The monoisotopic (exact) mass is 668 g/mol. The quantitative estimate of drug-likeness (QED) is 0.0907. The normalized spacial score (nSPS) is 12.0. The number of ether oxygens (including phenoxy) is 2. The van der Waals surface area contributed by atoms with Crippen molar-refractivity contribution >= 4 is 40.3 Å². The second-order valence-electron chi connectivity index (χ2n) is 9.20. The molecular weight excluding hydrogens is 622 g/mol. The van der Waals surface area contributed by atoms with Crippen molar-refractivity contribution in [3.63, 3.8) is 0 Å². The molecule has 0 aliphatic heterocycles. The van der Waals surface area contributed by atoms with E-state index in [0.717, 1.165) is 17.9 Å². The second kappa shape index (κ2) is 16.3. The second-order valence-corrected chi connectivity index (χ2v) is 27.0. The Morgan fingerprint density at radius 3 is 1.64 bits per heavy atom. The van der Waals surface area contributed by atoms with Gasteiger partial charge < -0.3 is 0 Å². The zero-order chi connectivity index (χ0) is 23.8. The fourth-order valence-electron chi connectivity index (χ4n) is 4.03. The van der Waals surface area contributed by atoms with Gasteiger partial charge >= 0.3 is 220 Å². The average Bonchev–Trinajstić information content (AvgIpc) is 2.84. The van der Waals surface area contributed by atoms with Crippen LogP contribution < -0.4 is 9.47 Å². The molecule has 2 aromatic rings. The molecule has 2 rings (SSSR count). The van der Waals surface area contributed by atoms with Crippen molar-refractivity contribution in [3.8, 4) is 11.5 Å². The molecule has 0 unspecified atom stereocenters. The molecule has 0 bridgehead atoms. The molecule has 2 aromatic carbocycles. The van der Waals surface area contributed by atoms with E-state index in [0.29, 0.717) is 0 Å². The molecule has 0 N–H and O–H groups in total. The summed E-state index contributed by atoms with van der Waals surface area (Å²) in [5.41, 5.74) is 0. The summed E-state index contributed by atoms with van der Waals surface area (Å²) in [5, 5.41) is 0. The first-order valence-corrected chi connectivity index (χ1v) is 23.3. The van der Waals surface area contributed by atoms with Gasteiger partial charge in [0.05, 0.1) is 0 Å². The molecule has 0 heterocycles. The molecule has 0 aliphatic carbocycles. The summed E-state index contributed by atoms with van der Waals surface area (Å²) >= 11 is -3.46. The van der Waals surface area contributed by atoms with Gasteiger partial charge in [-0.25, -0.2) is 0 Å². The number of hydrogen-bond donors (Lipinski definition) is 0. The van der Waals surface area contributed by atoms with E-state index in [9.17, 15) is 0 Å². The van der Waals surface area contributed by atoms with Crippen molar-refractivity contribution < 1.29 is 10.9 Å². The fraction of sp³-hybridized carbons (Fsp3) is 0.571. The molecule has 0 atom stereocenters. The summed E-state index contributed by atoms with van der Waals surface area (Å²) < 4.78 is 25.4. The van der Waals surface area contributed by atoms with Gasteiger partial charge in [0, 0.05) is 0 Å². The van der Waals surface area contributed by atoms with E-state index in [-0.39, 0.29) is 0 Å². The molecule has 0 saturated carbocycles. The van der Waals surface area contributed by atoms with Gasteiger partial charge in [-0.2, -0.15) is 0 Å². The van der Waals surface area contributed by atoms with Gasteiger partial charge in [-0.05, 0) is 0 Å². The van der Waals surface area contributed by atoms with Crippen molar-refractivity contribution in [3.05, 3.63) is 60.7 Å². The summed E-state index contributed by atoms with van der Waals surface area (Å²) in [7, 11) is 0. The number of unbranched alkanes of at least 4 members (excludes halogenated alkanes) is 3. The predicted molar refractivity (Wildman–Crippen MR) is 144 cm³/mol. The molecular formula is C28H44O3Sn2. The topological polar surface area (TPSA) is 27.7 Å². The van der Waals surface area contributed by atoms with Crippen molar-refractivity contribution in [2.24, 2.45) is 0 Å². The molecule has 0 aliphatic rings. The molecule has 3 nitrogen and oxygen atoms in total. The van der Waals surface area contributed by atoms with Crippen molar-refractivity contribution in [2.75, 3.05) is 0 Å². The van der Waals surface area contributed by atoms with Gasteiger partial charge in [0.2, 0.25) is 0 Å². The third kappa shape index (κ3) is 11.3. The van der Waals surface area contributed by atoms with Gasteiger partial charge in [0.15, 0.2) is 0 Å². The first-order chi connectivity index (χ1) is 16.0. The fourth-order valence-corrected chi connectivity index (χ4v) is 31.6. The Kier molecular flexibility index (Phi) is 14.2. The predicted octanol–water partition coefficient (Wildman–Crippen LogP) is 8.65.